The normalized spacial score (nSPS) is 14.4. The third kappa shape index (κ3) is 3.82. The largest absolute Gasteiger partial charge is 0.416 e. The fourth-order valence-corrected chi connectivity index (χ4v) is 3.47. The van der Waals surface area contributed by atoms with Gasteiger partial charge in [-0.3, -0.25) is 0 Å². The maximum atomic E-state index is 13.3. The average Bonchev–Trinajstić information content (AvgIpc) is 3.02. The standard InChI is InChI=1S/C22H19F6/c1-4-13-7-14-5-6-18(12(2)3)20(19(14)8-13)15-9-16(21(23,24)25)11-17(10-15)22(26,27)28/h5-12H,4H2,1-3H3. The average molecular weight is 397 g/mol. The lowest BCUT2D eigenvalue weighted by molar-refractivity contribution is -0.143. The van der Waals surface area contributed by atoms with Gasteiger partial charge in [-0.15, -0.1) is 0 Å². The number of halogens is 6. The first kappa shape index (κ1) is 20.5. The van der Waals surface area contributed by atoms with Crippen LogP contribution in [0, 0.1) is 6.42 Å². The molecule has 6 heteroatoms. The van der Waals surface area contributed by atoms with Gasteiger partial charge in [0.15, 0.2) is 0 Å². The quantitative estimate of drug-likeness (QED) is 0.462. The molecule has 149 valence electrons. The zero-order valence-corrected chi connectivity index (χ0v) is 15.6. The summed E-state index contributed by atoms with van der Waals surface area (Å²) < 4.78 is 79.9. The van der Waals surface area contributed by atoms with Gasteiger partial charge in [0.05, 0.1) is 11.1 Å². The van der Waals surface area contributed by atoms with Crippen molar-refractivity contribution in [1.82, 2.24) is 0 Å². The minimum Gasteiger partial charge on any atom is -0.166 e. The molecule has 0 N–H and O–H groups in total. The van der Waals surface area contributed by atoms with Gasteiger partial charge in [0.1, 0.15) is 0 Å². The summed E-state index contributed by atoms with van der Waals surface area (Å²) in [6, 6.07) is 5.45. The van der Waals surface area contributed by atoms with Gasteiger partial charge in [-0.2, -0.15) is 26.3 Å². The second-order valence-corrected chi connectivity index (χ2v) is 7.20. The van der Waals surface area contributed by atoms with Crippen molar-refractivity contribution in [2.45, 2.75) is 45.5 Å². The SMILES string of the molecule is CCC1=Cc2c(ccc(C(C)C)c2-c2cc(C(F)(F)F)cc(C(F)(F)F)c2)[CH]1. The van der Waals surface area contributed by atoms with Crippen molar-refractivity contribution in [1.29, 1.82) is 0 Å². The van der Waals surface area contributed by atoms with Crippen LogP contribution in [-0.2, 0) is 12.4 Å². The summed E-state index contributed by atoms with van der Waals surface area (Å²) >= 11 is 0. The minimum absolute atomic E-state index is 0.0651. The fraction of sp³-hybridized carbons (Fsp3) is 0.318. The van der Waals surface area contributed by atoms with E-state index in [1.807, 2.05) is 39.3 Å². The Morgan fingerprint density at radius 3 is 1.89 bits per heavy atom. The number of rotatable bonds is 3. The third-order valence-corrected chi connectivity index (χ3v) is 4.89. The summed E-state index contributed by atoms with van der Waals surface area (Å²) in [5, 5.41) is 0. The van der Waals surface area contributed by atoms with Crippen molar-refractivity contribution in [3.05, 3.63) is 70.1 Å². The zero-order valence-electron chi connectivity index (χ0n) is 15.6. The smallest absolute Gasteiger partial charge is 0.166 e. The van der Waals surface area contributed by atoms with Gasteiger partial charge in [-0.05, 0) is 58.4 Å². The summed E-state index contributed by atoms with van der Waals surface area (Å²) in [6.07, 6.45) is -5.25. The molecule has 3 rings (SSSR count). The molecule has 2 aromatic carbocycles. The van der Waals surface area contributed by atoms with Crippen LogP contribution >= 0.6 is 0 Å². The molecule has 0 aliphatic heterocycles. The molecule has 28 heavy (non-hydrogen) atoms. The van der Waals surface area contributed by atoms with Crippen LogP contribution in [0.15, 0.2) is 35.9 Å². The molecule has 1 aliphatic carbocycles. The molecular weight excluding hydrogens is 378 g/mol. The molecule has 0 atom stereocenters. The molecule has 2 aromatic rings. The zero-order chi connectivity index (χ0) is 20.9. The van der Waals surface area contributed by atoms with Gasteiger partial charge in [0.2, 0.25) is 0 Å². The summed E-state index contributed by atoms with van der Waals surface area (Å²) in [5.41, 5.74) is 0.956. The lowest BCUT2D eigenvalue weighted by Crippen LogP contribution is -2.11. The summed E-state index contributed by atoms with van der Waals surface area (Å²) in [4.78, 5) is 0. The predicted molar refractivity (Wildman–Crippen MR) is 97.6 cm³/mol. The van der Waals surface area contributed by atoms with Crippen LogP contribution < -0.4 is 0 Å². The maximum absolute atomic E-state index is 13.3. The number of fused-ring (bicyclic) bond motifs is 1. The van der Waals surface area contributed by atoms with Gasteiger partial charge in [-0.1, -0.05) is 44.6 Å². The Bertz CT molecular complexity index is 897. The molecule has 0 aromatic heterocycles. The van der Waals surface area contributed by atoms with Crippen LogP contribution in [0.1, 0.15) is 60.9 Å². The van der Waals surface area contributed by atoms with Crippen molar-refractivity contribution in [2.24, 2.45) is 0 Å². The Morgan fingerprint density at radius 2 is 1.43 bits per heavy atom. The topological polar surface area (TPSA) is 0 Å². The van der Waals surface area contributed by atoms with Gasteiger partial charge in [0, 0.05) is 6.42 Å². The molecule has 0 nitrogen and oxygen atoms in total. The Morgan fingerprint density at radius 1 is 0.857 bits per heavy atom. The van der Waals surface area contributed by atoms with E-state index in [-0.39, 0.29) is 17.5 Å². The number of benzene rings is 2. The lowest BCUT2D eigenvalue weighted by Gasteiger charge is -2.20. The highest BCUT2D eigenvalue weighted by Crippen LogP contribution is 2.44. The Labute approximate surface area is 159 Å². The number of allylic oxidation sites excluding steroid dienone is 1. The van der Waals surface area contributed by atoms with Crippen LogP contribution in [-0.4, -0.2) is 0 Å². The Hall–Kier alpha value is -2.24. The second kappa shape index (κ2) is 6.98. The maximum Gasteiger partial charge on any atom is 0.416 e. The first-order chi connectivity index (χ1) is 12.9. The van der Waals surface area contributed by atoms with Gasteiger partial charge in [0.25, 0.3) is 0 Å². The van der Waals surface area contributed by atoms with Crippen molar-refractivity contribution in [3.63, 3.8) is 0 Å². The first-order valence-electron chi connectivity index (χ1n) is 8.94. The minimum atomic E-state index is -4.87. The number of hydrogen-bond donors (Lipinski definition) is 0. The highest BCUT2D eigenvalue weighted by Gasteiger charge is 2.37. The van der Waals surface area contributed by atoms with Crippen LogP contribution in [0.2, 0.25) is 0 Å². The highest BCUT2D eigenvalue weighted by molar-refractivity contribution is 5.86. The van der Waals surface area contributed by atoms with Crippen LogP contribution in [0.25, 0.3) is 17.2 Å². The highest BCUT2D eigenvalue weighted by atomic mass is 19.4. The number of hydrogen-bond acceptors (Lipinski definition) is 0. The van der Waals surface area contributed by atoms with E-state index in [4.69, 9.17) is 0 Å². The molecule has 0 heterocycles. The van der Waals surface area contributed by atoms with Crippen molar-refractivity contribution >= 4 is 6.08 Å². The summed E-state index contributed by atoms with van der Waals surface area (Å²) in [7, 11) is 0. The summed E-state index contributed by atoms with van der Waals surface area (Å²) in [6.45, 7) is 5.68. The molecule has 1 aliphatic rings. The van der Waals surface area contributed by atoms with E-state index >= 15 is 0 Å². The molecule has 0 saturated carbocycles. The van der Waals surface area contributed by atoms with E-state index in [1.54, 1.807) is 6.07 Å². The molecule has 1 radical (unpaired) electrons. The van der Waals surface area contributed by atoms with Crippen LogP contribution in [0.4, 0.5) is 26.3 Å². The Balaban J connectivity index is 2.35. The van der Waals surface area contributed by atoms with Crippen molar-refractivity contribution in [2.75, 3.05) is 0 Å². The molecule has 0 spiro atoms. The molecule has 0 fully saturated rings. The van der Waals surface area contributed by atoms with Gasteiger partial charge >= 0.3 is 12.4 Å². The lowest BCUT2D eigenvalue weighted by atomic mass is 9.86. The van der Waals surface area contributed by atoms with E-state index in [1.165, 1.54) is 0 Å². The van der Waals surface area contributed by atoms with Crippen LogP contribution in [0.3, 0.4) is 0 Å². The van der Waals surface area contributed by atoms with E-state index < -0.39 is 23.5 Å². The molecule has 0 bridgehead atoms. The van der Waals surface area contributed by atoms with Gasteiger partial charge < -0.3 is 0 Å². The van der Waals surface area contributed by atoms with Crippen molar-refractivity contribution in [3.8, 4) is 11.1 Å². The predicted octanol–water partition coefficient (Wildman–Crippen LogP) is 7.87. The van der Waals surface area contributed by atoms with E-state index in [0.717, 1.165) is 29.7 Å². The Kier molecular flexibility index (Phi) is 5.11. The molecule has 0 amide bonds. The number of alkyl halides is 6. The van der Waals surface area contributed by atoms with Crippen LogP contribution in [0.5, 0.6) is 0 Å². The third-order valence-electron chi connectivity index (χ3n) is 4.89. The molecular formula is C22H19F6. The van der Waals surface area contributed by atoms with E-state index in [2.05, 4.69) is 0 Å². The molecule has 0 saturated heterocycles. The van der Waals surface area contributed by atoms with Crippen molar-refractivity contribution < 1.29 is 26.3 Å². The van der Waals surface area contributed by atoms with E-state index in [9.17, 15) is 26.3 Å². The first-order valence-corrected chi connectivity index (χ1v) is 8.94. The second-order valence-electron chi connectivity index (χ2n) is 7.20. The van der Waals surface area contributed by atoms with Gasteiger partial charge in [-0.25, -0.2) is 0 Å². The van der Waals surface area contributed by atoms with E-state index in [0.29, 0.717) is 16.7 Å². The summed E-state index contributed by atoms with van der Waals surface area (Å²) in [5.74, 6) is -0.0664. The monoisotopic (exact) mass is 397 g/mol. The molecule has 0 unspecified atom stereocenters. The fourth-order valence-electron chi connectivity index (χ4n) is 3.47.